The molecule has 0 radical (unpaired) electrons. The molecule has 1 amide bonds. The Morgan fingerprint density at radius 3 is 2.53 bits per heavy atom. The van der Waals surface area contributed by atoms with Crippen LogP contribution in [-0.4, -0.2) is 22.5 Å². The minimum absolute atomic E-state index is 0.251. The monoisotopic (exact) mass is 323 g/mol. The lowest BCUT2D eigenvalue weighted by molar-refractivity contribution is -0.146. The van der Waals surface area contributed by atoms with E-state index in [-0.39, 0.29) is 12.3 Å². The Kier molecular flexibility index (Phi) is 5.64. The molecule has 0 saturated heterocycles. The van der Waals surface area contributed by atoms with Crippen molar-refractivity contribution in [2.45, 2.75) is 38.6 Å². The maximum absolute atomic E-state index is 11.6. The fourth-order valence-corrected chi connectivity index (χ4v) is 2.99. The number of amides is 1. The van der Waals surface area contributed by atoms with Crippen molar-refractivity contribution in [3.8, 4) is 0 Å². The number of hydrogen-bond donors (Lipinski definition) is 2. The van der Waals surface area contributed by atoms with Gasteiger partial charge in [0.1, 0.15) is 5.54 Å². The topological polar surface area (TPSA) is 66.4 Å². The van der Waals surface area contributed by atoms with E-state index in [0.29, 0.717) is 21.5 Å². The van der Waals surface area contributed by atoms with Gasteiger partial charge in [-0.05, 0) is 38.3 Å². The third-order valence-electron chi connectivity index (χ3n) is 2.56. The number of carboxylic acid groups (broad SMARTS) is 1. The molecule has 0 spiro atoms. The molecule has 0 fully saturated rings. The molecule has 1 rings (SSSR count). The van der Waals surface area contributed by atoms with E-state index in [1.54, 1.807) is 6.07 Å². The number of thiophene rings is 1. The number of hydrogen-bond acceptors (Lipinski definition) is 3. The minimum atomic E-state index is -1.25. The molecule has 0 atom stereocenters. The molecule has 1 aromatic heterocycles. The van der Waals surface area contributed by atoms with Crippen molar-refractivity contribution in [3.63, 3.8) is 0 Å². The zero-order valence-corrected chi connectivity index (χ0v) is 13.0. The fourth-order valence-electron chi connectivity index (χ4n) is 1.45. The maximum Gasteiger partial charge on any atom is 0.328 e. The van der Waals surface area contributed by atoms with Crippen LogP contribution in [0.2, 0.25) is 8.67 Å². The Balaban J connectivity index is 2.39. The van der Waals surface area contributed by atoms with E-state index in [4.69, 9.17) is 28.3 Å². The van der Waals surface area contributed by atoms with Crippen LogP contribution in [0.4, 0.5) is 0 Å². The summed E-state index contributed by atoms with van der Waals surface area (Å²) < 4.78 is 1.26. The molecular formula is C12H15Cl2NO3S. The summed E-state index contributed by atoms with van der Waals surface area (Å²) >= 11 is 13.1. The first-order chi connectivity index (χ1) is 8.72. The molecule has 7 heteroatoms. The molecule has 0 aliphatic heterocycles. The Morgan fingerprint density at radius 1 is 1.42 bits per heavy atom. The summed E-state index contributed by atoms with van der Waals surface area (Å²) in [5.41, 5.74) is -0.331. The molecule has 1 heterocycles. The molecule has 19 heavy (non-hydrogen) atoms. The van der Waals surface area contributed by atoms with Gasteiger partial charge in [-0.15, -0.1) is 11.3 Å². The molecule has 2 N–H and O–H groups in total. The third kappa shape index (κ3) is 5.01. The second-order valence-electron chi connectivity index (χ2n) is 4.68. The second kappa shape index (κ2) is 6.59. The van der Waals surface area contributed by atoms with E-state index in [1.807, 2.05) is 0 Å². The smallest absolute Gasteiger partial charge is 0.328 e. The van der Waals surface area contributed by atoms with Crippen molar-refractivity contribution in [2.75, 3.05) is 0 Å². The Morgan fingerprint density at radius 2 is 2.05 bits per heavy atom. The maximum atomic E-state index is 11.6. The lowest BCUT2D eigenvalue weighted by Crippen LogP contribution is -2.49. The number of carbonyl (C=O) groups excluding carboxylic acids is 1. The lowest BCUT2D eigenvalue weighted by atomic mass is 10.1. The summed E-state index contributed by atoms with van der Waals surface area (Å²) in [6, 6.07) is 1.79. The number of halogens is 2. The van der Waals surface area contributed by atoms with Gasteiger partial charge in [0.25, 0.3) is 0 Å². The van der Waals surface area contributed by atoms with Crippen LogP contribution in [0.1, 0.15) is 32.3 Å². The standard InChI is InChI=1S/C12H15Cl2NO3S/c1-12(2,11(17)18)15-9(16)5-3-4-7-6-8(13)19-10(7)14/h6H,3-5H2,1-2H3,(H,15,16)(H,17,18). The lowest BCUT2D eigenvalue weighted by Gasteiger charge is -2.20. The van der Waals surface area contributed by atoms with Crippen LogP contribution in [-0.2, 0) is 16.0 Å². The first-order valence-corrected chi connectivity index (χ1v) is 7.27. The summed E-state index contributed by atoms with van der Waals surface area (Å²) in [4.78, 5) is 22.5. The van der Waals surface area contributed by atoms with Crippen molar-refractivity contribution < 1.29 is 14.7 Å². The highest BCUT2D eigenvalue weighted by molar-refractivity contribution is 7.20. The predicted octanol–water partition coefficient (Wildman–Crippen LogP) is 3.36. The number of aryl methyl sites for hydroxylation is 1. The largest absolute Gasteiger partial charge is 0.480 e. The zero-order chi connectivity index (χ0) is 14.6. The van der Waals surface area contributed by atoms with Crippen LogP contribution in [0.5, 0.6) is 0 Å². The number of rotatable bonds is 6. The van der Waals surface area contributed by atoms with Gasteiger partial charge >= 0.3 is 5.97 Å². The van der Waals surface area contributed by atoms with E-state index in [0.717, 1.165) is 5.56 Å². The summed E-state index contributed by atoms with van der Waals surface area (Å²) in [5, 5.41) is 11.4. The van der Waals surface area contributed by atoms with Crippen LogP contribution in [0.15, 0.2) is 6.07 Å². The van der Waals surface area contributed by atoms with Crippen LogP contribution >= 0.6 is 34.5 Å². The van der Waals surface area contributed by atoms with Gasteiger partial charge in [-0.25, -0.2) is 4.79 Å². The number of nitrogens with one attached hydrogen (secondary N) is 1. The van der Waals surface area contributed by atoms with Gasteiger partial charge < -0.3 is 10.4 Å². The van der Waals surface area contributed by atoms with E-state index >= 15 is 0 Å². The van der Waals surface area contributed by atoms with Crippen LogP contribution in [0.25, 0.3) is 0 Å². The predicted molar refractivity (Wildman–Crippen MR) is 77.1 cm³/mol. The Hall–Kier alpha value is -0.780. The van der Waals surface area contributed by atoms with Crippen LogP contribution in [0.3, 0.4) is 0 Å². The van der Waals surface area contributed by atoms with Gasteiger partial charge in [-0.2, -0.15) is 0 Å². The molecule has 0 aromatic carbocycles. The summed E-state index contributed by atoms with van der Waals surface area (Å²) in [6.45, 7) is 2.89. The number of carbonyl (C=O) groups is 2. The molecule has 1 aromatic rings. The SMILES string of the molecule is CC(C)(NC(=O)CCCc1cc(Cl)sc1Cl)C(=O)O. The van der Waals surface area contributed by atoms with Gasteiger partial charge in [-0.1, -0.05) is 23.2 Å². The van der Waals surface area contributed by atoms with Crippen molar-refractivity contribution in [3.05, 3.63) is 20.3 Å². The quantitative estimate of drug-likeness (QED) is 0.843. The average molecular weight is 324 g/mol. The molecular weight excluding hydrogens is 309 g/mol. The van der Waals surface area contributed by atoms with Crippen molar-refractivity contribution >= 4 is 46.4 Å². The first kappa shape index (κ1) is 16.3. The third-order valence-corrected chi connectivity index (χ3v) is 4.13. The molecule has 4 nitrogen and oxygen atoms in total. The summed E-state index contributed by atoms with van der Waals surface area (Å²) in [6.07, 6.45) is 1.48. The number of aliphatic carboxylic acids is 1. The molecule has 0 bridgehead atoms. The van der Waals surface area contributed by atoms with Crippen molar-refractivity contribution in [2.24, 2.45) is 0 Å². The van der Waals surface area contributed by atoms with Crippen LogP contribution < -0.4 is 5.32 Å². The normalized spacial score (nSPS) is 11.4. The highest BCUT2D eigenvalue weighted by Crippen LogP contribution is 2.32. The second-order valence-corrected chi connectivity index (χ2v) is 6.97. The Bertz CT molecular complexity index is 485. The summed E-state index contributed by atoms with van der Waals surface area (Å²) in [7, 11) is 0. The van der Waals surface area contributed by atoms with Crippen molar-refractivity contribution in [1.29, 1.82) is 0 Å². The fraction of sp³-hybridized carbons (Fsp3) is 0.500. The van der Waals surface area contributed by atoms with Gasteiger partial charge in [0.05, 0.1) is 8.67 Å². The van der Waals surface area contributed by atoms with Crippen LogP contribution in [0, 0.1) is 0 Å². The average Bonchev–Trinajstić information content (AvgIpc) is 2.56. The number of carboxylic acids is 1. The molecule has 106 valence electrons. The van der Waals surface area contributed by atoms with Gasteiger partial charge in [0.2, 0.25) is 5.91 Å². The van der Waals surface area contributed by atoms with Gasteiger partial charge in [0.15, 0.2) is 0 Å². The highest BCUT2D eigenvalue weighted by Gasteiger charge is 2.28. The highest BCUT2D eigenvalue weighted by atomic mass is 35.5. The van der Waals surface area contributed by atoms with E-state index in [2.05, 4.69) is 5.32 Å². The first-order valence-electron chi connectivity index (χ1n) is 5.70. The van der Waals surface area contributed by atoms with Crippen molar-refractivity contribution in [1.82, 2.24) is 5.32 Å². The van der Waals surface area contributed by atoms with E-state index in [1.165, 1.54) is 25.2 Å². The van der Waals surface area contributed by atoms with Gasteiger partial charge in [0, 0.05) is 6.42 Å². The molecule has 0 aliphatic carbocycles. The minimum Gasteiger partial charge on any atom is -0.480 e. The molecule has 0 aliphatic rings. The molecule has 0 saturated carbocycles. The Labute approximate surface area is 125 Å². The van der Waals surface area contributed by atoms with Gasteiger partial charge in [-0.3, -0.25) is 4.79 Å². The zero-order valence-electron chi connectivity index (χ0n) is 10.6. The molecule has 0 unspecified atom stereocenters. The van der Waals surface area contributed by atoms with E-state index in [9.17, 15) is 9.59 Å². The van der Waals surface area contributed by atoms with E-state index < -0.39 is 11.5 Å². The summed E-state index contributed by atoms with van der Waals surface area (Å²) in [5.74, 6) is -1.35.